The number of carboxylic acids is 1. The Morgan fingerprint density at radius 1 is 1.09 bits per heavy atom. The Kier molecular flexibility index (Phi) is 13.9. The summed E-state index contributed by atoms with van der Waals surface area (Å²) in [5, 5.41) is 26.8. The van der Waals surface area contributed by atoms with Crippen molar-refractivity contribution < 1.29 is 29.4 Å². The molecule has 0 spiro atoms. The summed E-state index contributed by atoms with van der Waals surface area (Å²) in [6.07, 6.45) is 5.29. The molecule has 13 nitrogen and oxygen atoms in total. The van der Waals surface area contributed by atoms with Crippen LogP contribution in [0.2, 0.25) is 0 Å². The number of aromatic nitrogens is 2. The lowest BCUT2D eigenvalue weighted by atomic mass is 10.1. The third-order valence-corrected chi connectivity index (χ3v) is 5.85. The number of nitrogens with one attached hydrogen (secondary N) is 4. The zero-order valence-corrected chi connectivity index (χ0v) is 20.8. The van der Waals surface area contributed by atoms with Crippen molar-refractivity contribution in [2.24, 2.45) is 11.5 Å². The van der Waals surface area contributed by atoms with E-state index >= 15 is 0 Å². The van der Waals surface area contributed by atoms with Crippen molar-refractivity contribution in [1.82, 2.24) is 25.9 Å². The molecule has 1 aromatic heterocycles. The molecule has 1 heterocycles. The van der Waals surface area contributed by atoms with E-state index in [1.807, 2.05) is 0 Å². The second-order valence-electron chi connectivity index (χ2n) is 8.14. The van der Waals surface area contributed by atoms with Gasteiger partial charge in [-0.2, -0.15) is 11.8 Å². The Labute approximate surface area is 208 Å². The minimum Gasteiger partial charge on any atom is -0.480 e. The van der Waals surface area contributed by atoms with Gasteiger partial charge in [0.2, 0.25) is 17.7 Å². The fraction of sp³-hybridized carbons (Fsp3) is 0.667. The SMILES string of the molecule is CSCCC(NC(=O)C(NC(=O)C(Cc1cnc[nH]1)NC(=O)C(N)CCCCN)C(C)O)C(=O)O. The molecule has 0 aliphatic carbocycles. The molecule has 1 rings (SSSR count). The topological polar surface area (TPSA) is 226 Å². The number of carbonyl (C=O) groups is 4. The summed E-state index contributed by atoms with van der Waals surface area (Å²) in [5.41, 5.74) is 11.9. The summed E-state index contributed by atoms with van der Waals surface area (Å²) in [7, 11) is 0. The highest BCUT2D eigenvalue weighted by atomic mass is 32.2. The van der Waals surface area contributed by atoms with Gasteiger partial charge in [-0.1, -0.05) is 6.42 Å². The molecule has 10 N–H and O–H groups in total. The number of nitrogens with two attached hydrogens (primary N) is 2. The number of hydrogen-bond donors (Lipinski definition) is 8. The molecule has 0 aliphatic heterocycles. The lowest BCUT2D eigenvalue weighted by Gasteiger charge is -2.26. The fourth-order valence-electron chi connectivity index (χ4n) is 3.16. The van der Waals surface area contributed by atoms with Gasteiger partial charge in [0.1, 0.15) is 18.1 Å². The molecule has 0 saturated carbocycles. The van der Waals surface area contributed by atoms with E-state index in [-0.39, 0.29) is 12.8 Å². The zero-order chi connectivity index (χ0) is 26.4. The Balaban J connectivity index is 2.95. The molecule has 3 amide bonds. The van der Waals surface area contributed by atoms with Crippen molar-refractivity contribution >= 4 is 35.5 Å². The number of imidazole rings is 1. The Hall–Kier alpha value is -2.68. The summed E-state index contributed by atoms with van der Waals surface area (Å²) >= 11 is 1.42. The lowest BCUT2D eigenvalue weighted by Crippen LogP contribution is -2.60. The van der Waals surface area contributed by atoms with Crippen LogP contribution in [0.25, 0.3) is 0 Å². The first-order chi connectivity index (χ1) is 16.6. The number of H-pyrrole nitrogens is 1. The number of hydrogen-bond acceptors (Lipinski definition) is 9. The number of unbranched alkanes of at least 4 members (excludes halogenated alkanes) is 1. The number of carboxylic acid groups (broad SMARTS) is 1. The average Bonchev–Trinajstić information content (AvgIpc) is 3.32. The number of rotatable bonds is 17. The molecule has 0 aliphatic rings. The van der Waals surface area contributed by atoms with Crippen LogP contribution in [0.15, 0.2) is 12.5 Å². The van der Waals surface area contributed by atoms with Crippen LogP contribution in [0.4, 0.5) is 0 Å². The molecule has 198 valence electrons. The quantitative estimate of drug-likeness (QED) is 0.107. The lowest BCUT2D eigenvalue weighted by molar-refractivity contribution is -0.143. The van der Waals surface area contributed by atoms with Crippen molar-refractivity contribution in [2.45, 2.75) is 69.3 Å². The molecule has 0 radical (unpaired) electrons. The Morgan fingerprint density at radius 2 is 1.77 bits per heavy atom. The van der Waals surface area contributed by atoms with Crippen molar-refractivity contribution in [1.29, 1.82) is 0 Å². The number of carbonyl (C=O) groups excluding carboxylic acids is 3. The van der Waals surface area contributed by atoms with Crippen LogP contribution in [0.5, 0.6) is 0 Å². The number of aliphatic hydroxyl groups excluding tert-OH is 1. The van der Waals surface area contributed by atoms with Crippen molar-refractivity contribution in [3.8, 4) is 0 Å². The number of aliphatic hydroxyl groups is 1. The zero-order valence-electron chi connectivity index (χ0n) is 20.0. The maximum Gasteiger partial charge on any atom is 0.326 e. The standard InChI is InChI=1S/C21H37N7O6S/c1-12(29)17(20(32)26-15(21(33)34)6-8-35-2)28-19(31)16(9-13-10-24-11-25-13)27-18(30)14(23)5-3-4-7-22/h10-12,14-17,29H,3-9,22-23H2,1-2H3,(H,24,25)(H,26,32)(H,27,30)(H,28,31)(H,33,34). The molecule has 5 unspecified atom stereocenters. The van der Waals surface area contributed by atoms with Crippen molar-refractivity contribution in [2.75, 3.05) is 18.6 Å². The molecule has 0 bridgehead atoms. The number of amides is 3. The maximum absolute atomic E-state index is 13.1. The largest absolute Gasteiger partial charge is 0.480 e. The van der Waals surface area contributed by atoms with E-state index < -0.39 is 54.0 Å². The summed E-state index contributed by atoms with van der Waals surface area (Å²) in [4.78, 5) is 56.6. The summed E-state index contributed by atoms with van der Waals surface area (Å²) < 4.78 is 0. The minimum absolute atomic E-state index is 0.0206. The molecule has 5 atom stereocenters. The minimum atomic E-state index is -1.45. The summed E-state index contributed by atoms with van der Waals surface area (Å²) in [6.45, 7) is 1.76. The van der Waals surface area contributed by atoms with E-state index in [4.69, 9.17) is 11.5 Å². The average molecular weight is 516 g/mol. The molecule has 0 aromatic carbocycles. The molecular weight excluding hydrogens is 478 g/mol. The summed E-state index contributed by atoms with van der Waals surface area (Å²) in [6, 6.07) is -4.62. The molecule has 1 aromatic rings. The number of nitrogens with zero attached hydrogens (tertiary/aromatic N) is 1. The predicted octanol–water partition coefficient (Wildman–Crippen LogP) is -1.92. The van der Waals surface area contributed by atoms with Gasteiger partial charge in [0, 0.05) is 18.3 Å². The monoisotopic (exact) mass is 515 g/mol. The second kappa shape index (κ2) is 16.1. The first kappa shape index (κ1) is 30.4. The third-order valence-electron chi connectivity index (χ3n) is 5.21. The van der Waals surface area contributed by atoms with E-state index in [0.717, 1.165) is 0 Å². The summed E-state index contributed by atoms with van der Waals surface area (Å²) in [5.74, 6) is -2.89. The van der Waals surface area contributed by atoms with Crippen LogP contribution >= 0.6 is 11.8 Å². The van der Waals surface area contributed by atoms with Gasteiger partial charge in [-0.3, -0.25) is 14.4 Å². The van der Waals surface area contributed by atoms with Crippen LogP contribution in [-0.4, -0.2) is 92.7 Å². The van der Waals surface area contributed by atoms with Crippen LogP contribution in [-0.2, 0) is 25.6 Å². The molecule has 0 fully saturated rings. The molecular formula is C21H37N7O6S. The van der Waals surface area contributed by atoms with Gasteiger partial charge in [-0.05, 0) is 44.7 Å². The first-order valence-electron chi connectivity index (χ1n) is 11.3. The van der Waals surface area contributed by atoms with Gasteiger partial charge >= 0.3 is 5.97 Å². The number of thioether (sulfide) groups is 1. The van der Waals surface area contributed by atoms with E-state index in [1.54, 1.807) is 6.26 Å². The van der Waals surface area contributed by atoms with E-state index in [2.05, 4.69) is 25.9 Å². The Bertz CT molecular complexity index is 808. The van der Waals surface area contributed by atoms with E-state index in [1.165, 1.54) is 31.2 Å². The Morgan fingerprint density at radius 3 is 2.31 bits per heavy atom. The van der Waals surface area contributed by atoms with Crippen molar-refractivity contribution in [3.63, 3.8) is 0 Å². The van der Waals surface area contributed by atoms with Crippen LogP contribution in [0, 0.1) is 0 Å². The highest BCUT2D eigenvalue weighted by molar-refractivity contribution is 7.98. The number of aliphatic carboxylic acids is 1. The molecule has 0 saturated heterocycles. The van der Waals surface area contributed by atoms with Gasteiger partial charge in [-0.25, -0.2) is 9.78 Å². The van der Waals surface area contributed by atoms with E-state index in [0.29, 0.717) is 37.3 Å². The van der Waals surface area contributed by atoms with Gasteiger partial charge in [0.15, 0.2) is 0 Å². The number of aromatic amines is 1. The normalized spacial score (nSPS) is 15.3. The highest BCUT2D eigenvalue weighted by Gasteiger charge is 2.32. The second-order valence-corrected chi connectivity index (χ2v) is 9.13. The highest BCUT2D eigenvalue weighted by Crippen LogP contribution is 2.06. The first-order valence-corrected chi connectivity index (χ1v) is 12.7. The predicted molar refractivity (Wildman–Crippen MR) is 131 cm³/mol. The fourth-order valence-corrected chi connectivity index (χ4v) is 3.63. The third kappa shape index (κ3) is 11.1. The van der Waals surface area contributed by atoms with Gasteiger partial charge < -0.3 is 42.6 Å². The van der Waals surface area contributed by atoms with Gasteiger partial charge in [0.05, 0.1) is 18.5 Å². The maximum atomic E-state index is 13.1. The van der Waals surface area contributed by atoms with Crippen molar-refractivity contribution in [3.05, 3.63) is 18.2 Å². The van der Waals surface area contributed by atoms with E-state index in [9.17, 15) is 29.4 Å². The van der Waals surface area contributed by atoms with Crippen LogP contribution in [0.3, 0.4) is 0 Å². The van der Waals surface area contributed by atoms with Gasteiger partial charge in [-0.15, -0.1) is 0 Å². The van der Waals surface area contributed by atoms with Crippen LogP contribution < -0.4 is 27.4 Å². The van der Waals surface area contributed by atoms with Crippen LogP contribution in [0.1, 0.15) is 38.3 Å². The molecule has 14 heteroatoms. The smallest absolute Gasteiger partial charge is 0.326 e. The van der Waals surface area contributed by atoms with Gasteiger partial charge in [0.25, 0.3) is 0 Å². The molecule has 35 heavy (non-hydrogen) atoms.